The molecule has 1 aromatic carbocycles. The molecule has 5 fully saturated rings. The Labute approximate surface area is 161 Å². The highest BCUT2D eigenvalue weighted by Gasteiger charge is 2.48. The molecular weight excluding hydrogens is 340 g/mol. The standard InChI is InChI=1S/C21H30N4O2/c1-23-4-6-24(7-5-23)18-2-3-20(25(26)27)19(13-18)22-21-16-9-14-8-15(11-16)12-17(21)10-14/h2-3,13-17,21-22H,4-12H2,1H3. The third kappa shape index (κ3) is 3.18. The SMILES string of the molecule is CN1CCN(c2ccc([N+](=O)[O-])c(NC3C4CC5CC(C4)CC3C5)c2)CC1. The van der Waals surface area contributed by atoms with Gasteiger partial charge in [0.15, 0.2) is 0 Å². The lowest BCUT2D eigenvalue weighted by Gasteiger charge is -2.54. The van der Waals surface area contributed by atoms with Crippen molar-refractivity contribution < 1.29 is 4.92 Å². The molecule has 6 rings (SSSR count). The molecule has 4 bridgehead atoms. The van der Waals surface area contributed by atoms with Crippen LogP contribution in [0.5, 0.6) is 0 Å². The lowest BCUT2D eigenvalue weighted by molar-refractivity contribution is -0.384. The van der Waals surface area contributed by atoms with Crippen molar-refractivity contribution in [2.24, 2.45) is 23.7 Å². The Morgan fingerprint density at radius 1 is 1.00 bits per heavy atom. The first kappa shape index (κ1) is 17.3. The van der Waals surface area contributed by atoms with Gasteiger partial charge in [-0.25, -0.2) is 0 Å². The molecule has 1 aliphatic heterocycles. The van der Waals surface area contributed by atoms with Crippen LogP contribution in [0.25, 0.3) is 0 Å². The largest absolute Gasteiger partial charge is 0.376 e. The molecule has 27 heavy (non-hydrogen) atoms. The number of anilines is 2. The minimum absolute atomic E-state index is 0.224. The number of rotatable bonds is 4. The summed E-state index contributed by atoms with van der Waals surface area (Å²) in [7, 11) is 2.15. The summed E-state index contributed by atoms with van der Waals surface area (Å²) < 4.78 is 0. The third-order valence-electron chi connectivity index (χ3n) is 7.59. The average molecular weight is 370 g/mol. The second-order valence-corrected chi connectivity index (χ2v) is 9.35. The predicted molar refractivity (Wildman–Crippen MR) is 107 cm³/mol. The summed E-state index contributed by atoms with van der Waals surface area (Å²) >= 11 is 0. The zero-order valence-corrected chi connectivity index (χ0v) is 16.1. The van der Waals surface area contributed by atoms with E-state index in [2.05, 4.69) is 22.2 Å². The molecular formula is C21H30N4O2. The van der Waals surface area contributed by atoms with E-state index >= 15 is 0 Å². The van der Waals surface area contributed by atoms with Gasteiger partial charge in [-0.05, 0) is 75.0 Å². The molecule has 4 aliphatic carbocycles. The highest BCUT2D eigenvalue weighted by Crippen LogP contribution is 2.54. The van der Waals surface area contributed by atoms with Gasteiger partial charge in [-0.2, -0.15) is 0 Å². The van der Waals surface area contributed by atoms with Gasteiger partial charge in [0.2, 0.25) is 0 Å². The van der Waals surface area contributed by atoms with Crippen LogP contribution in [-0.4, -0.2) is 49.1 Å². The quantitative estimate of drug-likeness (QED) is 0.648. The van der Waals surface area contributed by atoms with E-state index in [9.17, 15) is 10.1 Å². The van der Waals surface area contributed by atoms with Gasteiger partial charge < -0.3 is 15.1 Å². The van der Waals surface area contributed by atoms with Crippen LogP contribution in [0.1, 0.15) is 32.1 Å². The van der Waals surface area contributed by atoms with Crippen LogP contribution in [0, 0.1) is 33.8 Å². The molecule has 0 unspecified atom stereocenters. The molecule has 146 valence electrons. The van der Waals surface area contributed by atoms with E-state index in [1.165, 1.54) is 32.1 Å². The summed E-state index contributed by atoms with van der Waals surface area (Å²) in [4.78, 5) is 16.1. The number of hydrogen-bond donors (Lipinski definition) is 1. The second kappa shape index (κ2) is 6.66. The Morgan fingerprint density at radius 2 is 1.63 bits per heavy atom. The molecule has 0 atom stereocenters. The first-order valence-corrected chi connectivity index (χ1v) is 10.6. The molecule has 1 saturated heterocycles. The zero-order valence-electron chi connectivity index (χ0n) is 16.1. The van der Waals surface area contributed by atoms with E-state index in [0.29, 0.717) is 17.9 Å². The van der Waals surface area contributed by atoms with Crippen molar-refractivity contribution >= 4 is 17.1 Å². The van der Waals surface area contributed by atoms with Crippen molar-refractivity contribution in [2.45, 2.75) is 38.1 Å². The van der Waals surface area contributed by atoms with Crippen molar-refractivity contribution in [3.05, 3.63) is 28.3 Å². The van der Waals surface area contributed by atoms with E-state index in [1.54, 1.807) is 6.07 Å². The van der Waals surface area contributed by atoms with Crippen LogP contribution in [0.3, 0.4) is 0 Å². The lowest BCUT2D eigenvalue weighted by Crippen LogP contribution is -2.51. The third-order valence-corrected chi connectivity index (χ3v) is 7.59. The first-order chi connectivity index (χ1) is 13.1. The Kier molecular flexibility index (Phi) is 4.26. The molecule has 0 amide bonds. The van der Waals surface area contributed by atoms with Gasteiger partial charge in [0.1, 0.15) is 5.69 Å². The first-order valence-electron chi connectivity index (χ1n) is 10.6. The fraction of sp³-hybridized carbons (Fsp3) is 0.714. The normalized spacial score (nSPS) is 35.4. The number of benzene rings is 1. The van der Waals surface area contributed by atoms with E-state index in [4.69, 9.17) is 0 Å². The van der Waals surface area contributed by atoms with Crippen LogP contribution >= 0.6 is 0 Å². The van der Waals surface area contributed by atoms with Crippen molar-refractivity contribution in [1.29, 1.82) is 0 Å². The molecule has 4 saturated carbocycles. The molecule has 0 aromatic heterocycles. The van der Waals surface area contributed by atoms with E-state index in [1.807, 2.05) is 12.1 Å². The summed E-state index contributed by atoms with van der Waals surface area (Å²) in [5, 5.41) is 15.3. The fourth-order valence-corrected chi connectivity index (χ4v) is 6.40. The number of nitro benzene ring substituents is 1. The number of nitrogens with zero attached hydrogens (tertiary/aromatic N) is 3. The number of piperazine rings is 1. The number of hydrogen-bond acceptors (Lipinski definition) is 5. The number of nitrogens with one attached hydrogen (secondary N) is 1. The highest BCUT2D eigenvalue weighted by molar-refractivity contribution is 5.69. The summed E-state index contributed by atoms with van der Waals surface area (Å²) in [5.74, 6) is 3.23. The van der Waals surface area contributed by atoms with E-state index in [0.717, 1.165) is 49.4 Å². The topological polar surface area (TPSA) is 61.7 Å². The van der Waals surface area contributed by atoms with Gasteiger partial charge >= 0.3 is 0 Å². The minimum Gasteiger partial charge on any atom is -0.376 e. The van der Waals surface area contributed by atoms with Gasteiger partial charge in [0.05, 0.1) is 4.92 Å². The molecule has 0 radical (unpaired) electrons. The lowest BCUT2D eigenvalue weighted by atomic mass is 9.54. The summed E-state index contributed by atoms with van der Waals surface area (Å²) in [6, 6.07) is 6.07. The van der Waals surface area contributed by atoms with Crippen molar-refractivity contribution in [1.82, 2.24) is 4.90 Å². The minimum atomic E-state index is -0.230. The molecule has 6 nitrogen and oxygen atoms in total. The summed E-state index contributed by atoms with van der Waals surface area (Å²) in [6.45, 7) is 4.03. The van der Waals surface area contributed by atoms with Crippen molar-refractivity contribution in [3.63, 3.8) is 0 Å². The van der Waals surface area contributed by atoms with Crippen LogP contribution in [-0.2, 0) is 0 Å². The van der Waals surface area contributed by atoms with Gasteiger partial charge in [-0.3, -0.25) is 10.1 Å². The molecule has 0 spiro atoms. The van der Waals surface area contributed by atoms with E-state index < -0.39 is 0 Å². The van der Waals surface area contributed by atoms with E-state index in [-0.39, 0.29) is 10.6 Å². The van der Waals surface area contributed by atoms with Crippen LogP contribution in [0.2, 0.25) is 0 Å². The monoisotopic (exact) mass is 370 g/mol. The fourth-order valence-electron chi connectivity index (χ4n) is 6.40. The van der Waals surface area contributed by atoms with Crippen LogP contribution in [0.15, 0.2) is 18.2 Å². The van der Waals surface area contributed by atoms with Crippen LogP contribution in [0.4, 0.5) is 17.1 Å². The molecule has 1 aromatic rings. The van der Waals surface area contributed by atoms with Gasteiger partial charge in [0.25, 0.3) is 5.69 Å². The smallest absolute Gasteiger partial charge is 0.292 e. The Balaban J connectivity index is 1.40. The van der Waals surface area contributed by atoms with Gasteiger partial charge in [-0.1, -0.05) is 0 Å². The number of nitro groups is 1. The summed E-state index contributed by atoms with van der Waals surface area (Å²) in [6.07, 6.45) is 6.69. The van der Waals surface area contributed by atoms with Crippen molar-refractivity contribution in [2.75, 3.05) is 43.4 Å². The van der Waals surface area contributed by atoms with Gasteiger partial charge in [0, 0.05) is 44.0 Å². The van der Waals surface area contributed by atoms with Crippen LogP contribution < -0.4 is 10.2 Å². The molecule has 1 N–H and O–H groups in total. The molecule has 5 aliphatic rings. The molecule has 1 heterocycles. The zero-order chi connectivity index (χ0) is 18.5. The predicted octanol–water partition coefficient (Wildman–Crippen LogP) is 3.58. The summed E-state index contributed by atoms with van der Waals surface area (Å²) in [5.41, 5.74) is 2.07. The Morgan fingerprint density at radius 3 is 2.22 bits per heavy atom. The second-order valence-electron chi connectivity index (χ2n) is 9.35. The average Bonchev–Trinajstić information content (AvgIpc) is 2.64. The maximum absolute atomic E-state index is 11.6. The Bertz CT molecular complexity index is 701. The maximum Gasteiger partial charge on any atom is 0.292 e. The number of likely N-dealkylation sites (N-methyl/N-ethyl adjacent to an activating group) is 1. The Hall–Kier alpha value is -1.82. The van der Waals surface area contributed by atoms with Crippen molar-refractivity contribution in [3.8, 4) is 0 Å². The molecule has 6 heteroatoms. The highest BCUT2D eigenvalue weighted by atomic mass is 16.6. The van der Waals surface area contributed by atoms with Gasteiger partial charge in [-0.15, -0.1) is 0 Å². The maximum atomic E-state index is 11.6.